The van der Waals surface area contributed by atoms with Crippen molar-refractivity contribution in [2.45, 2.75) is 38.1 Å². The van der Waals surface area contributed by atoms with Crippen LogP contribution >= 0.6 is 11.6 Å². The van der Waals surface area contributed by atoms with Crippen LogP contribution in [0, 0.1) is 0 Å². The van der Waals surface area contributed by atoms with Gasteiger partial charge in [-0.1, -0.05) is 0 Å². The van der Waals surface area contributed by atoms with E-state index < -0.39 is 0 Å². The van der Waals surface area contributed by atoms with Gasteiger partial charge in [0.05, 0.1) is 0 Å². The van der Waals surface area contributed by atoms with Crippen LogP contribution in [-0.4, -0.2) is 30.3 Å². The minimum Gasteiger partial charge on any atom is -0.356 e. The average Bonchev–Trinajstić information content (AvgIpc) is 2.97. The number of nitrogens with one attached hydrogen (secondary N) is 2. The second-order valence-electron chi connectivity index (χ2n) is 3.73. The lowest BCUT2D eigenvalue weighted by molar-refractivity contribution is -0.122. The molecular formula is C10H17ClN2O2. The number of alkyl halides is 1. The molecule has 0 saturated heterocycles. The van der Waals surface area contributed by atoms with Crippen LogP contribution in [-0.2, 0) is 9.59 Å². The number of carbonyl (C=O) groups is 2. The molecule has 0 aromatic heterocycles. The summed E-state index contributed by atoms with van der Waals surface area (Å²) in [5.74, 6) is 0.380. The Balaban J connectivity index is 1.91. The summed E-state index contributed by atoms with van der Waals surface area (Å²) in [5, 5.41) is 5.60. The van der Waals surface area contributed by atoms with Gasteiger partial charge in [0.15, 0.2) is 0 Å². The molecule has 0 aromatic rings. The number of rotatable bonds is 7. The lowest BCUT2D eigenvalue weighted by Gasteiger charge is -2.04. The summed E-state index contributed by atoms with van der Waals surface area (Å²) < 4.78 is 0. The lowest BCUT2D eigenvalue weighted by atomic mass is 10.3. The quantitative estimate of drug-likeness (QED) is 0.504. The molecule has 1 aliphatic carbocycles. The predicted octanol–water partition coefficient (Wildman–Crippen LogP) is 0.790. The number of hydrogen-bond acceptors (Lipinski definition) is 2. The first-order chi connectivity index (χ1) is 7.22. The molecule has 0 radical (unpaired) electrons. The van der Waals surface area contributed by atoms with Gasteiger partial charge in [-0.05, 0) is 19.3 Å². The molecule has 1 aliphatic rings. The van der Waals surface area contributed by atoms with Crippen molar-refractivity contribution in [2.75, 3.05) is 12.4 Å². The zero-order valence-electron chi connectivity index (χ0n) is 8.72. The summed E-state index contributed by atoms with van der Waals surface area (Å²) in [6.07, 6.45) is 3.73. The van der Waals surface area contributed by atoms with Crippen LogP contribution in [0.1, 0.15) is 32.1 Å². The smallest absolute Gasteiger partial charge is 0.221 e. The second-order valence-corrected chi connectivity index (χ2v) is 4.11. The highest BCUT2D eigenvalue weighted by Crippen LogP contribution is 2.18. The Morgan fingerprint density at radius 3 is 2.53 bits per heavy atom. The van der Waals surface area contributed by atoms with E-state index in [-0.39, 0.29) is 11.8 Å². The summed E-state index contributed by atoms with van der Waals surface area (Å²) >= 11 is 5.40. The Morgan fingerprint density at radius 1 is 1.20 bits per heavy atom. The average molecular weight is 233 g/mol. The minimum atomic E-state index is -0.0485. The Kier molecular flexibility index (Phi) is 5.47. The van der Waals surface area contributed by atoms with E-state index >= 15 is 0 Å². The molecule has 4 nitrogen and oxygen atoms in total. The summed E-state index contributed by atoms with van der Waals surface area (Å²) in [5.41, 5.74) is 0. The Hall–Kier alpha value is -0.770. The summed E-state index contributed by atoms with van der Waals surface area (Å²) in [4.78, 5) is 22.2. The molecule has 0 spiro atoms. The fourth-order valence-corrected chi connectivity index (χ4v) is 1.35. The third kappa shape index (κ3) is 6.33. The highest BCUT2D eigenvalue weighted by molar-refractivity contribution is 6.18. The van der Waals surface area contributed by atoms with Gasteiger partial charge in [-0.3, -0.25) is 9.59 Å². The molecule has 0 heterocycles. The van der Waals surface area contributed by atoms with E-state index in [1.807, 2.05) is 0 Å². The Labute approximate surface area is 94.7 Å². The van der Waals surface area contributed by atoms with Crippen molar-refractivity contribution in [3.63, 3.8) is 0 Å². The molecule has 5 heteroatoms. The van der Waals surface area contributed by atoms with E-state index in [0.29, 0.717) is 37.7 Å². The molecule has 2 N–H and O–H groups in total. The number of halogens is 1. The molecule has 1 rings (SSSR count). The van der Waals surface area contributed by atoms with Gasteiger partial charge in [-0.15, -0.1) is 11.6 Å². The van der Waals surface area contributed by atoms with Gasteiger partial charge in [-0.2, -0.15) is 0 Å². The van der Waals surface area contributed by atoms with Crippen molar-refractivity contribution in [3.05, 3.63) is 0 Å². The molecule has 86 valence electrons. The first-order valence-corrected chi connectivity index (χ1v) is 5.88. The summed E-state index contributed by atoms with van der Waals surface area (Å²) in [7, 11) is 0. The molecule has 15 heavy (non-hydrogen) atoms. The maximum absolute atomic E-state index is 11.2. The maximum atomic E-state index is 11.2. The number of carbonyl (C=O) groups excluding carboxylic acids is 2. The van der Waals surface area contributed by atoms with E-state index in [1.54, 1.807) is 0 Å². The normalized spacial score (nSPS) is 14.7. The van der Waals surface area contributed by atoms with Crippen LogP contribution in [0.4, 0.5) is 0 Å². The van der Waals surface area contributed by atoms with Gasteiger partial charge >= 0.3 is 0 Å². The van der Waals surface area contributed by atoms with E-state index in [4.69, 9.17) is 11.6 Å². The fourth-order valence-electron chi connectivity index (χ4n) is 1.18. The number of amides is 2. The van der Waals surface area contributed by atoms with E-state index in [0.717, 1.165) is 12.8 Å². The molecule has 0 atom stereocenters. The molecule has 2 amide bonds. The van der Waals surface area contributed by atoms with E-state index in [9.17, 15) is 9.59 Å². The molecule has 1 fully saturated rings. The third-order valence-corrected chi connectivity index (χ3v) is 2.36. The Morgan fingerprint density at radius 2 is 1.93 bits per heavy atom. The first-order valence-electron chi connectivity index (χ1n) is 5.34. The van der Waals surface area contributed by atoms with Crippen LogP contribution < -0.4 is 10.6 Å². The van der Waals surface area contributed by atoms with Crippen molar-refractivity contribution in [1.82, 2.24) is 10.6 Å². The molecule has 1 saturated carbocycles. The van der Waals surface area contributed by atoms with Crippen molar-refractivity contribution >= 4 is 23.4 Å². The molecule has 0 aromatic carbocycles. The van der Waals surface area contributed by atoms with Crippen molar-refractivity contribution < 1.29 is 9.59 Å². The highest BCUT2D eigenvalue weighted by atomic mass is 35.5. The zero-order valence-corrected chi connectivity index (χ0v) is 9.48. The van der Waals surface area contributed by atoms with Gasteiger partial charge in [0.2, 0.25) is 11.8 Å². The third-order valence-electron chi connectivity index (χ3n) is 2.17. The standard InChI is InChI=1S/C10H17ClN2O2/c11-6-5-9(14)12-7-1-2-10(15)13-8-3-4-8/h8H,1-7H2,(H,12,14)(H,13,15). The summed E-state index contributed by atoms with van der Waals surface area (Å²) in [6.45, 7) is 0.549. The predicted molar refractivity (Wildman–Crippen MR) is 58.7 cm³/mol. The molecular weight excluding hydrogens is 216 g/mol. The SMILES string of the molecule is O=C(CCCl)NCCCC(=O)NC1CC1. The van der Waals surface area contributed by atoms with Crippen LogP contribution in [0.5, 0.6) is 0 Å². The highest BCUT2D eigenvalue weighted by Gasteiger charge is 2.22. The van der Waals surface area contributed by atoms with Crippen molar-refractivity contribution in [1.29, 1.82) is 0 Å². The monoisotopic (exact) mass is 232 g/mol. The van der Waals surface area contributed by atoms with Gasteiger partial charge in [0.1, 0.15) is 0 Å². The van der Waals surface area contributed by atoms with Crippen LogP contribution in [0.25, 0.3) is 0 Å². The molecule has 0 bridgehead atoms. The fraction of sp³-hybridized carbons (Fsp3) is 0.800. The van der Waals surface area contributed by atoms with Gasteiger partial charge in [-0.25, -0.2) is 0 Å². The second kappa shape index (κ2) is 6.67. The largest absolute Gasteiger partial charge is 0.356 e. The van der Waals surface area contributed by atoms with Crippen molar-refractivity contribution in [2.24, 2.45) is 0 Å². The van der Waals surface area contributed by atoms with Crippen molar-refractivity contribution in [3.8, 4) is 0 Å². The number of hydrogen-bond donors (Lipinski definition) is 2. The van der Waals surface area contributed by atoms with Gasteiger partial charge in [0.25, 0.3) is 0 Å². The Bertz CT molecular complexity index is 229. The first kappa shape index (κ1) is 12.3. The maximum Gasteiger partial charge on any atom is 0.221 e. The topological polar surface area (TPSA) is 58.2 Å². The molecule has 0 aliphatic heterocycles. The van der Waals surface area contributed by atoms with Gasteiger partial charge < -0.3 is 10.6 Å². The van der Waals surface area contributed by atoms with Crippen LogP contribution in [0.3, 0.4) is 0 Å². The van der Waals surface area contributed by atoms with Crippen LogP contribution in [0.2, 0.25) is 0 Å². The van der Waals surface area contributed by atoms with E-state index in [2.05, 4.69) is 10.6 Å². The minimum absolute atomic E-state index is 0.0485. The van der Waals surface area contributed by atoms with E-state index in [1.165, 1.54) is 0 Å². The lowest BCUT2D eigenvalue weighted by Crippen LogP contribution is -2.28. The van der Waals surface area contributed by atoms with Crippen LogP contribution in [0.15, 0.2) is 0 Å². The van der Waals surface area contributed by atoms with Gasteiger partial charge in [0, 0.05) is 31.3 Å². The summed E-state index contributed by atoms with van der Waals surface area (Å²) in [6, 6.07) is 0.420. The zero-order chi connectivity index (χ0) is 11.1. The molecule has 0 unspecified atom stereocenters.